The normalized spacial score (nSPS) is 10.4. The summed E-state index contributed by atoms with van der Waals surface area (Å²) in [5.74, 6) is 1.01. The van der Waals surface area contributed by atoms with Gasteiger partial charge in [0.2, 0.25) is 5.95 Å². The maximum Gasteiger partial charge on any atom is 0.254 e. The van der Waals surface area contributed by atoms with Crippen LogP contribution in [0.4, 0.5) is 11.6 Å². The first kappa shape index (κ1) is 19.6. The Morgan fingerprint density at radius 3 is 2.50 bits per heavy atom. The number of methoxy groups -OCH3 is 1. The van der Waals surface area contributed by atoms with Gasteiger partial charge in [0.15, 0.2) is 0 Å². The van der Waals surface area contributed by atoms with Gasteiger partial charge >= 0.3 is 0 Å². The van der Waals surface area contributed by atoms with E-state index in [1.54, 1.807) is 13.2 Å². The highest BCUT2D eigenvalue weighted by Crippen LogP contribution is 2.22. The van der Waals surface area contributed by atoms with E-state index < -0.39 is 0 Å². The van der Waals surface area contributed by atoms with Crippen molar-refractivity contribution < 1.29 is 9.53 Å². The third-order valence-corrected chi connectivity index (χ3v) is 4.45. The molecule has 1 heterocycles. The Hall–Kier alpha value is -3.12. The van der Waals surface area contributed by atoms with Gasteiger partial charge in [0, 0.05) is 29.6 Å². The molecule has 0 aliphatic heterocycles. The van der Waals surface area contributed by atoms with E-state index in [1.165, 1.54) is 12.4 Å². The highest BCUT2D eigenvalue weighted by molar-refractivity contribution is 6.30. The molecule has 3 aromatic rings. The third kappa shape index (κ3) is 5.20. The predicted molar refractivity (Wildman–Crippen MR) is 111 cm³/mol. The van der Waals surface area contributed by atoms with E-state index in [4.69, 9.17) is 16.3 Å². The monoisotopic (exact) mass is 396 g/mol. The summed E-state index contributed by atoms with van der Waals surface area (Å²) in [5.41, 5.74) is 3.37. The van der Waals surface area contributed by atoms with Gasteiger partial charge < -0.3 is 15.4 Å². The first-order chi connectivity index (χ1) is 13.5. The van der Waals surface area contributed by atoms with Crippen molar-refractivity contribution in [2.75, 3.05) is 19.0 Å². The lowest BCUT2D eigenvalue weighted by Crippen LogP contribution is -2.26. The molecule has 2 N–H and O–H groups in total. The predicted octanol–water partition coefficient (Wildman–Crippen LogP) is 4.16. The zero-order chi connectivity index (χ0) is 19.9. The third-order valence-electron chi connectivity index (χ3n) is 4.22. The molecule has 28 heavy (non-hydrogen) atoms. The Morgan fingerprint density at radius 2 is 1.82 bits per heavy atom. The molecule has 0 spiro atoms. The van der Waals surface area contributed by atoms with Crippen LogP contribution in [-0.4, -0.2) is 29.5 Å². The number of amides is 1. The average Bonchev–Trinajstić information content (AvgIpc) is 2.71. The average molecular weight is 397 g/mol. The van der Waals surface area contributed by atoms with Gasteiger partial charge in [0.1, 0.15) is 5.75 Å². The van der Waals surface area contributed by atoms with Crippen LogP contribution >= 0.6 is 11.6 Å². The highest BCUT2D eigenvalue weighted by atomic mass is 35.5. The molecule has 0 bridgehead atoms. The number of rotatable bonds is 7. The van der Waals surface area contributed by atoms with Crippen LogP contribution in [0.5, 0.6) is 5.75 Å². The van der Waals surface area contributed by atoms with E-state index in [2.05, 4.69) is 20.6 Å². The van der Waals surface area contributed by atoms with Crippen molar-refractivity contribution in [3.63, 3.8) is 0 Å². The number of carbonyl (C=O) groups excluding carboxylic acids is 1. The molecule has 1 amide bonds. The first-order valence-corrected chi connectivity index (χ1v) is 9.19. The van der Waals surface area contributed by atoms with Gasteiger partial charge in [-0.25, -0.2) is 9.97 Å². The van der Waals surface area contributed by atoms with Crippen molar-refractivity contribution in [2.24, 2.45) is 0 Å². The van der Waals surface area contributed by atoms with Gasteiger partial charge in [-0.3, -0.25) is 4.79 Å². The van der Waals surface area contributed by atoms with Gasteiger partial charge in [-0.1, -0.05) is 29.8 Å². The molecule has 6 nitrogen and oxygen atoms in total. The number of ether oxygens (including phenoxy) is 1. The Labute approximate surface area is 168 Å². The summed E-state index contributed by atoms with van der Waals surface area (Å²) < 4.78 is 5.13. The smallest absolute Gasteiger partial charge is 0.254 e. The molecular weight excluding hydrogens is 376 g/mol. The number of hydrogen-bond donors (Lipinski definition) is 2. The van der Waals surface area contributed by atoms with Crippen LogP contribution in [0.3, 0.4) is 0 Å². The summed E-state index contributed by atoms with van der Waals surface area (Å²) in [4.78, 5) is 20.7. The molecule has 0 saturated carbocycles. The minimum atomic E-state index is -0.209. The number of aryl methyl sites for hydroxylation is 1. The van der Waals surface area contributed by atoms with Gasteiger partial charge in [0.25, 0.3) is 5.91 Å². The summed E-state index contributed by atoms with van der Waals surface area (Å²) in [6.45, 7) is 2.48. The van der Waals surface area contributed by atoms with E-state index in [9.17, 15) is 4.79 Å². The number of anilines is 2. The molecule has 0 atom stereocenters. The lowest BCUT2D eigenvalue weighted by molar-refractivity contribution is 0.0953. The SMILES string of the molecule is COc1ccc(CCNC(=O)c2cnc(Nc3cc(Cl)ccc3C)nc2)cc1. The molecule has 7 heteroatoms. The fraction of sp³-hybridized carbons (Fsp3) is 0.190. The Kier molecular flexibility index (Phi) is 6.45. The number of halogens is 1. The van der Waals surface area contributed by atoms with E-state index in [1.807, 2.05) is 43.3 Å². The number of aromatic nitrogens is 2. The van der Waals surface area contributed by atoms with E-state index in [-0.39, 0.29) is 5.91 Å². The fourth-order valence-electron chi connectivity index (χ4n) is 2.57. The minimum Gasteiger partial charge on any atom is -0.497 e. The van der Waals surface area contributed by atoms with Crippen LogP contribution in [0.15, 0.2) is 54.9 Å². The summed E-state index contributed by atoms with van der Waals surface area (Å²) in [6.07, 6.45) is 3.72. The number of nitrogens with one attached hydrogen (secondary N) is 2. The Balaban J connectivity index is 1.53. The van der Waals surface area contributed by atoms with Crippen LogP contribution in [0, 0.1) is 6.92 Å². The van der Waals surface area contributed by atoms with Gasteiger partial charge in [-0.15, -0.1) is 0 Å². The summed E-state index contributed by atoms with van der Waals surface area (Å²) in [7, 11) is 1.63. The lowest BCUT2D eigenvalue weighted by atomic mass is 10.1. The number of hydrogen-bond acceptors (Lipinski definition) is 5. The molecule has 0 unspecified atom stereocenters. The highest BCUT2D eigenvalue weighted by Gasteiger charge is 2.08. The molecule has 0 aliphatic rings. The van der Waals surface area contributed by atoms with E-state index >= 15 is 0 Å². The van der Waals surface area contributed by atoms with Crippen molar-refractivity contribution in [1.82, 2.24) is 15.3 Å². The molecule has 1 aromatic heterocycles. The fourth-order valence-corrected chi connectivity index (χ4v) is 2.75. The number of nitrogens with zero attached hydrogens (tertiary/aromatic N) is 2. The maximum absolute atomic E-state index is 12.3. The number of carbonyl (C=O) groups is 1. The van der Waals surface area contributed by atoms with Crippen molar-refractivity contribution in [3.8, 4) is 5.75 Å². The zero-order valence-corrected chi connectivity index (χ0v) is 16.5. The van der Waals surface area contributed by atoms with Crippen molar-refractivity contribution in [1.29, 1.82) is 0 Å². The van der Waals surface area contributed by atoms with Gasteiger partial charge in [-0.2, -0.15) is 0 Å². The maximum atomic E-state index is 12.3. The van der Waals surface area contributed by atoms with E-state index in [0.29, 0.717) is 23.1 Å². The summed E-state index contributed by atoms with van der Waals surface area (Å²) in [5, 5.41) is 6.60. The standard InChI is InChI=1S/C21H21ClN4O2/c1-14-3-6-17(22)11-19(14)26-21-24-12-16(13-25-21)20(27)23-10-9-15-4-7-18(28-2)8-5-15/h3-8,11-13H,9-10H2,1-2H3,(H,23,27)(H,24,25,26). The van der Waals surface area contributed by atoms with Gasteiger partial charge in [0.05, 0.1) is 12.7 Å². The van der Waals surface area contributed by atoms with E-state index in [0.717, 1.165) is 29.0 Å². The lowest BCUT2D eigenvalue weighted by Gasteiger charge is -2.09. The Morgan fingerprint density at radius 1 is 1.11 bits per heavy atom. The van der Waals surface area contributed by atoms with Crippen molar-refractivity contribution in [2.45, 2.75) is 13.3 Å². The minimum absolute atomic E-state index is 0.209. The second-order valence-corrected chi connectivity index (χ2v) is 6.67. The van der Waals surface area contributed by atoms with Crippen LogP contribution in [0.25, 0.3) is 0 Å². The van der Waals surface area contributed by atoms with Crippen LogP contribution in [0.1, 0.15) is 21.5 Å². The molecule has 0 aliphatic carbocycles. The molecule has 0 radical (unpaired) electrons. The molecule has 0 saturated heterocycles. The largest absolute Gasteiger partial charge is 0.497 e. The Bertz CT molecular complexity index is 944. The number of benzene rings is 2. The molecule has 0 fully saturated rings. The van der Waals surface area contributed by atoms with Crippen LogP contribution in [-0.2, 0) is 6.42 Å². The quantitative estimate of drug-likeness (QED) is 0.627. The molecule has 144 valence electrons. The molecule has 2 aromatic carbocycles. The topological polar surface area (TPSA) is 76.1 Å². The van der Waals surface area contributed by atoms with Crippen molar-refractivity contribution in [3.05, 3.63) is 76.6 Å². The summed E-state index contributed by atoms with van der Waals surface area (Å²) in [6, 6.07) is 13.3. The molecule has 3 rings (SSSR count). The van der Waals surface area contributed by atoms with Crippen LogP contribution in [0.2, 0.25) is 5.02 Å². The van der Waals surface area contributed by atoms with Crippen molar-refractivity contribution >= 4 is 29.1 Å². The summed E-state index contributed by atoms with van der Waals surface area (Å²) >= 11 is 6.02. The second kappa shape index (κ2) is 9.19. The molecular formula is C21H21ClN4O2. The van der Waals surface area contributed by atoms with Gasteiger partial charge in [-0.05, 0) is 48.7 Å². The zero-order valence-electron chi connectivity index (χ0n) is 15.7. The second-order valence-electron chi connectivity index (χ2n) is 6.23. The first-order valence-electron chi connectivity index (χ1n) is 8.81. The van der Waals surface area contributed by atoms with Crippen LogP contribution < -0.4 is 15.4 Å².